The minimum atomic E-state index is -0.570. The van der Waals surface area contributed by atoms with Gasteiger partial charge in [-0.3, -0.25) is 5.32 Å². The molecule has 2 aromatic carbocycles. The lowest BCUT2D eigenvalue weighted by atomic mass is 10.1. The predicted molar refractivity (Wildman–Crippen MR) is 171 cm³/mol. The monoisotopic (exact) mass is 646 g/mol. The molecule has 4 unspecified atom stereocenters. The van der Waals surface area contributed by atoms with Crippen molar-refractivity contribution in [1.82, 2.24) is 24.8 Å². The van der Waals surface area contributed by atoms with Gasteiger partial charge < -0.3 is 28.8 Å². The van der Waals surface area contributed by atoms with Crippen molar-refractivity contribution >= 4 is 46.7 Å². The lowest BCUT2D eigenvalue weighted by molar-refractivity contribution is -0.0586. The quantitative estimate of drug-likeness (QED) is 0.205. The molecule has 13 heteroatoms. The zero-order valence-electron chi connectivity index (χ0n) is 25.5. The molecule has 46 heavy (non-hydrogen) atoms. The number of urea groups is 1. The number of imidazole rings is 1. The first-order chi connectivity index (χ1) is 22.5. The molecule has 1 saturated heterocycles. The van der Waals surface area contributed by atoms with Gasteiger partial charge in [-0.25, -0.2) is 24.5 Å². The van der Waals surface area contributed by atoms with Gasteiger partial charge in [0.2, 0.25) is 0 Å². The maximum absolute atomic E-state index is 12.6. The average Bonchev–Trinajstić information content (AvgIpc) is 3.76. The number of amides is 2. The van der Waals surface area contributed by atoms with E-state index in [-0.39, 0.29) is 43.4 Å². The first-order valence-corrected chi connectivity index (χ1v) is 15.6. The topological polar surface area (TPSA) is 139 Å². The third kappa shape index (κ3) is 6.75. The number of benzene rings is 2. The Kier molecular flexibility index (Phi) is 9.88. The molecule has 1 aliphatic heterocycles. The molecule has 12 nitrogen and oxygen atoms in total. The van der Waals surface area contributed by atoms with E-state index in [0.29, 0.717) is 52.7 Å². The van der Waals surface area contributed by atoms with Crippen LogP contribution in [-0.4, -0.2) is 69.8 Å². The van der Waals surface area contributed by atoms with Crippen molar-refractivity contribution in [2.45, 2.75) is 51.4 Å². The predicted octanol–water partition coefficient (Wildman–Crippen LogP) is 5.40. The average molecular weight is 647 g/mol. The van der Waals surface area contributed by atoms with E-state index in [4.69, 9.17) is 30.5 Å². The van der Waals surface area contributed by atoms with E-state index in [1.165, 1.54) is 6.33 Å². The van der Waals surface area contributed by atoms with Crippen LogP contribution in [0.15, 0.2) is 67.3 Å². The summed E-state index contributed by atoms with van der Waals surface area (Å²) in [6, 6.07) is 14.5. The standard InChI is InChI=1S/C33H35ClN6O6/c1-3-35-33(42)39-30-27-31(37-18-36-30)40(19-38-27)25-15-21(16-43-17-23-22(32(41)44-4-2)11-8-12-24(23)34)28-29(25)46-26(45-28)14-13-20-9-6-5-7-10-20/h5-14,18-19,21,25-26,28-29H,3-4,15-17H2,1-2H3,(H2,35,36,37,39,42)/t21?,25?,26-,28?,29?/m0/s1. The van der Waals surface area contributed by atoms with Crippen molar-refractivity contribution in [2.75, 3.05) is 25.1 Å². The lowest BCUT2D eigenvalue weighted by Crippen LogP contribution is -2.29. The van der Waals surface area contributed by atoms with Crippen molar-refractivity contribution in [3.8, 4) is 0 Å². The number of carbonyl (C=O) groups excluding carboxylic acids is 2. The van der Waals surface area contributed by atoms with Crippen LogP contribution in [0.2, 0.25) is 5.02 Å². The van der Waals surface area contributed by atoms with Gasteiger partial charge in [0.05, 0.1) is 43.9 Å². The Balaban J connectivity index is 1.24. The first-order valence-electron chi connectivity index (χ1n) is 15.3. The van der Waals surface area contributed by atoms with Gasteiger partial charge >= 0.3 is 12.0 Å². The Labute approximate surface area is 271 Å². The number of nitrogens with one attached hydrogen (secondary N) is 2. The maximum Gasteiger partial charge on any atom is 0.338 e. The highest BCUT2D eigenvalue weighted by Gasteiger charge is 2.52. The minimum Gasteiger partial charge on any atom is -0.462 e. The molecule has 0 spiro atoms. The second-order valence-electron chi connectivity index (χ2n) is 10.9. The number of rotatable bonds is 11. The number of halogens is 1. The SMILES string of the molecule is CCNC(=O)Nc1ncnc2c1ncn2C1CC(COCc2c(Cl)cccc2C(=O)OCC)C2O[C@H](C=Cc3ccccc3)OC21. The lowest BCUT2D eigenvalue weighted by Gasteiger charge is -2.20. The fourth-order valence-electron chi connectivity index (χ4n) is 5.96. The highest BCUT2D eigenvalue weighted by Crippen LogP contribution is 2.45. The molecular formula is C33H35ClN6O6. The van der Waals surface area contributed by atoms with E-state index in [1.54, 1.807) is 31.5 Å². The zero-order chi connectivity index (χ0) is 32.0. The van der Waals surface area contributed by atoms with E-state index < -0.39 is 12.3 Å². The van der Waals surface area contributed by atoms with Crippen molar-refractivity contribution in [3.63, 3.8) is 0 Å². The summed E-state index contributed by atoms with van der Waals surface area (Å²) in [5.41, 5.74) is 3.02. The second-order valence-corrected chi connectivity index (χ2v) is 11.3. The maximum atomic E-state index is 12.6. The second kappa shape index (κ2) is 14.4. The first kappa shape index (κ1) is 31.6. The van der Waals surface area contributed by atoms with Crippen LogP contribution in [0.3, 0.4) is 0 Å². The summed E-state index contributed by atoms with van der Waals surface area (Å²) in [6.07, 6.45) is 6.42. The number of hydrogen-bond acceptors (Lipinski definition) is 9. The summed E-state index contributed by atoms with van der Waals surface area (Å²) in [5, 5.41) is 5.88. The van der Waals surface area contributed by atoms with Gasteiger partial charge in [-0.15, -0.1) is 0 Å². The third-order valence-electron chi connectivity index (χ3n) is 8.02. The molecule has 3 heterocycles. The summed E-state index contributed by atoms with van der Waals surface area (Å²) < 4.78 is 26.3. The number of aromatic nitrogens is 4. The third-order valence-corrected chi connectivity index (χ3v) is 8.37. The molecule has 2 aliphatic rings. The summed E-state index contributed by atoms with van der Waals surface area (Å²) >= 11 is 6.48. The van der Waals surface area contributed by atoms with Gasteiger partial charge in [-0.05, 0) is 44.0 Å². The van der Waals surface area contributed by atoms with Gasteiger partial charge in [0.1, 0.15) is 12.4 Å². The molecule has 6 rings (SSSR count). The number of hydrogen-bond donors (Lipinski definition) is 2. The number of anilines is 1. The zero-order valence-corrected chi connectivity index (χ0v) is 26.2. The van der Waals surface area contributed by atoms with Crippen LogP contribution in [0.4, 0.5) is 10.6 Å². The van der Waals surface area contributed by atoms with Crippen LogP contribution >= 0.6 is 11.6 Å². The van der Waals surface area contributed by atoms with Crippen LogP contribution in [-0.2, 0) is 25.6 Å². The summed E-state index contributed by atoms with van der Waals surface area (Å²) in [6.45, 7) is 4.78. The molecule has 0 bridgehead atoms. The number of fused-ring (bicyclic) bond motifs is 2. The van der Waals surface area contributed by atoms with Crippen LogP contribution in [0, 0.1) is 5.92 Å². The van der Waals surface area contributed by atoms with E-state index in [9.17, 15) is 9.59 Å². The number of esters is 1. The molecular weight excluding hydrogens is 612 g/mol. The van der Waals surface area contributed by atoms with Crippen LogP contribution < -0.4 is 10.6 Å². The van der Waals surface area contributed by atoms with E-state index in [2.05, 4.69) is 25.6 Å². The molecule has 2 amide bonds. The fraction of sp³-hybridized carbons (Fsp3) is 0.364. The van der Waals surface area contributed by atoms with E-state index >= 15 is 0 Å². The minimum absolute atomic E-state index is 0.0640. The van der Waals surface area contributed by atoms with Crippen molar-refractivity contribution < 1.29 is 28.5 Å². The van der Waals surface area contributed by atoms with E-state index in [1.807, 2.05) is 54.0 Å². The molecule has 2 N–H and O–H groups in total. The highest BCUT2D eigenvalue weighted by molar-refractivity contribution is 6.31. The molecule has 1 saturated carbocycles. The number of ether oxygens (including phenoxy) is 4. The molecule has 0 radical (unpaired) electrons. The molecule has 5 atom stereocenters. The van der Waals surface area contributed by atoms with Gasteiger partial charge in [-0.1, -0.05) is 54.1 Å². The Bertz CT molecular complexity index is 1720. The fourth-order valence-corrected chi connectivity index (χ4v) is 6.19. The van der Waals surface area contributed by atoms with Gasteiger partial charge in [0, 0.05) is 23.0 Å². The van der Waals surface area contributed by atoms with Gasteiger partial charge in [-0.2, -0.15) is 0 Å². The summed E-state index contributed by atoms with van der Waals surface area (Å²) in [5.74, 6) is -0.195. The van der Waals surface area contributed by atoms with Gasteiger partial charge in [0.15, 0.2) is 23.3 Å². The Morgan fingerprint density at radius 2 is 1.89 bits per heavy atom. The van der Waals surface area contributed by atoms with Crippen LogP contribution in [0.25, 0.3) is 17.2 Å². The summed E-state index contributed by atoms with van der Waals surface area (Å²) in [4.78, 5) is 38.1. The highest BCUT2D eigenvalue weighted by atomic mass is 35.5. The Hall–Kier alpha value is -4.36. The molecule has 4 aromatic rings. The van der Waals surface area contributed by atoms with E-state index in [0.717, 1.165) is 5.56 Å². The van der Waals surface area contributed by atoms with Crippen LogP contribution in [0.5, 0.6) is 0 Å². The van der Waals surface area contributed by atoms with Crippen molar-refractivity contribution in [2.24, 2.45) is 5.92 Å². The normalized spacial score (nSPS) is 22.3. The molecule has 240 valence electrons. The Morgan fingerprint density at radius 1 is 1.07 bits per heavy atom. The van der Waals surface area contributed by atoms with Gasteiger partial charge in [0.25, 0.3) is 0 Å². The molecule has 2 fully saturated rings. The largest absolute Gasteiger partial charge is 0.462 e. The number of carbonyl (C=O) groups is 2. The Morgan fingerprint density at radius 3 is 2.70 bits per heavy atom. The molecule has 2 aromatic heterocycles. The molecule has 1 aliphatic carbocycles. The van der Waals surface area contributed by atoms with Crippen LogP contribution in [0.1, 0.15) is 47.8 Å². The van der Waals surface area contributed by atoms with Crippen molar-refractivity contribution in [1.29, 1.82) is 0 Å². The van der Waals surface area contributed by atoms with Crippen molar-refractivity contribution in [3.05, 3.63) is 89.0 Å². The smallest absolute Gasteiger partial charge is 0.338 e. The number of nitrogens with zero attached hydrogens (tertiary/aromatic N) is 4. The summed E-state index contributed by atoms with van der Waals surface area (Å²) in [7, 11) is 0.